The molecule has 2 aliphatic rings. The number of ether oxygens (including phenoxy) is 1. The molecule has 1 aromatic rings. The number of nitrogens with zero attached hydrogens (tertiary/aromatic N) is 1. The number of anilines is 1. The Morgan fingerprint density at radius 1 is 1.39 bits per heavy atom. The van der Waals surface area contributed by atoms with E-state index in [9.17, 15) is 18.0 Å². The van der Waals surface area contributed by atoms with Crippen molar-refractivity contribution in [2.45, 2.75) is 51.0 Å². The molecule has 0 bridgehead atoms. The van der Waals surface area contributed by atoms with Crippen molar-refractivity contribution in [2.75, 3.05) is 25.0 Å². The van der Waals surface area contributed by atoms with Crippen LogP contribution < -0.4 is 15.4 Å². The molecule has 0 aromatic heterocycles. The molecular formula is C19H27N3O5S. The number of benzene rings is 1. The standard InChI is InChI=1S/C19H27N3O5S/c1-12(2)6-7-20-19(24)15-5-4-8-22(15)28(25,26)17-10-16-14(9-13(17)3)21-18(23)11-27-16/h9-10,12,15H,4-8,11H2,1-3H3,(H,20,24)(H,21,23)/t15-/m0/s1. The summed E-state index contributed by atoms with van der Waals surface area (Å²) >= 11 is 0. The lowest BCUT2D eigenvalue weighted by atomic mass is 10.1. The predicted molar refractivity (Wildman–Crippen MR) is 105 cm³/mol. The number of nitrogens with one attached hydrogen (secondary N) is 2. The summed E-state index contributed by atoms with van der Waals surface area (Å²) in [5, 5.41) is 5.53. The smallest absolute Gasteiger partial charge is 0.262 e. The molecule has 2 aliphatic heterocycles. The summed E-state index contributed by atoms with van der Waals surface area (Å²) < 4.78 is 33.3. The molecule has 0 saturated carbocycles. The first-order chi connectivity index (χ1) is 13.2. The van der Waals surface area contributed by atoms with Gasteiger partial charge < -0.3 is 15.4 Å². The van der Waals surface area contributed by atoms with E-state index in [1.54, 1.807) is 13.0 Å². The SMILES string of the molecule is Cc1cc2c(cc1S(=O)(=O)N1CCC[C@H]1C(=O)NCCC(C)C)OCC(=O)N2. The molecule has 28 heavy (non-hydrogen) atoms. The van der Waals surface area contributed by atoms with Crippen molar-refractivity contribution in [2.24, 2.45) is 5.92 Å². The van der Waals surface area contributed by atoms with E-state index in [0.29, 0.717) is 48.8 Å². The maximum atomic E-state index is 13.3. The number of hydrogen-bond acceptors (Lipinski definition) is 5. The van der Waals surface area contributed by atoms with Crippen molar-refractivity contribution < 1.29 is 22.7 Å². The number of carbonyl (C=O) groups is 2. The van der Waals surface area contributed by atoms with E-state index in [4.69, 9.17) is 4.74 Å². The minimum Gasteiger partial charge on any atom is -0.482 e. The van der Waals surface area contributed by atoms with E-state index in [0.717, 1.165) is 6.42 Å². The molecule has 1 atom stereocenters. The third-order valence-corrected chi connectivity index (χ3v) is 7.07. The normalized spacial score (nSPS) is 19.9. The van der Waals surface area contributed by atoms with E-state index in [1.807, 2.05) is 0 Å². The number of aryl methyl sites for hydroxylation is 1. The van der Waals surface area contributed by atoms with Gasteiger partial charge in [-0.3, -0.25) is 9.59 Å². The molecule has 1 saturated heterocycles. The molecule has 3 rings (SSSR count). The highest BCUT2D eigenvalue weighted by Gasteiger charge is 2.40. The van der Waals surface area contributed by atoms with Crippen LogP contribution in [0.25, 0.3) is 0 Å². The minimum absolute atomic E-state index is 0.101. The molecule has 0 aliphatic carbocycles. The van der Waals surface area contributed by atoms with Crippen LogP contribution in [0.2, 0.25) is 0 Å². The van der Waals surface area contributed by atoms with Gasteiger partial charge in [0, 0.05) is 19.2 Å². The third-order valence-electron chi connectivity index (χ3n) is 5.02. The van der Waals surface area contributed by atoms with Crippen LogP contribution in [0.1, 0.15) is 38.7 Å². The van der Waals surface area contributed by atoms with Crippen LogP contribution in [0.3, 0.4) is 0 Å². The second kappa shape index (κ2) is 8.08. The van der Waals surface area contributed by atoms with Crippen LogP contribution in [0.5, 0.6) is 5.75 Å². The predicted octanol–water partition coefficient (Wildman–Crippen LogP) is 1.64. The molecule has 154 valence electrons. The fourth-order valence-electron chi connectivity index (χ4n) is 3.51. The quantitative estimate of drug-likeness (QED) is 0.743. The monoisotopic (exact) mass is 409 g/mol. The van der Waals surface area contributed by atoms with Gasteiger partial charge >= 0.3 is 0 Å². The Bertz CT molecular complexity index is 882. The summed E-state index contributed by atoms with van der Waals surface area (Å²) in [4.78, 5) is 24.1. The van der Waals surface area contributed by atoms with Gasteiger partial charge in [0.05, 0.1) is 10.6 Å². The fourth-order valence-corrected chi connectivity index (χ4v) is 5.39. The zero-order valence-corrected chi connectivity index (χ0v) is 17.3. The van der Waals surface area contributed by atoms with Crippen LogP contribution in [0.4, 0.5) is 5.69 Å². The molecule has 2 N–H and O–H groups in total. The number of fused-ring (bicyclic) bond motifs is 1. The van der Waals surface area contributed by atoms with Gasteiger partial charge in [-0.1, -0.05) is 13.8 Å². The average molecular weight is 410 g/mol. The summed E-state index contributed by atoms with van der Waals surface area (Å²) in [5.41, 5.74) is 0.951. The Labute approximate surface area is 165 Å². The Hall–Kier alpha value is -2.13. The molecular weight excluding hydrogens is 382 g/mol. The van der Waals surface area contributed by atoms with Crippen LogP contribution in [0.15, 0.2) is 17.0 Å². The molecule has 2 amide bonds. The van der Waals surface area contributed by atoms with Gasteiger partial charge in [-0.2, -0.15) is 4.31 Å². The number of sulfonamides is 1. The molecule has 0 radical (unpaired) electrons. The van der Waals surface area contributed by atoms with E-state index < -0.39 is 16.1 Å². The zero-order chi connectivity index (χ0) is 20.5. The van der Waals surface area contributed by atoms with Crippen LogP contribution >= 0.6 is 0 Å². The summed E-state index contributed by atoms with van der Waals surface area (Å²) in [6.07, 6.45) is 1.99. The largest absolute Gasteiger partial charge is 0.482 e. The molecule has 1 fully saturated rings. The highest BCUT2D eigenvalue weighted by molar-refractivity contribution is 7.89. The Morgan fingerprint density at radius 2 is 2.14 bits per heavy atom. The molecule has 0 unspecified atom stereocenters. The van der Waals surface area contributed by atoms with E-state index >= 15 is 0 Å². The summed E-state index contributed by atoms with van der Waals surface area (Å²) in [5.74, 6) is 0.254. The topological polar surface area (TPSA) is 105 Å². The second-order valence-corrected chi connectivity index (χ2v) is 9.56. The molecule has 8 nitrogen and oxygen atoms in total. The van der Waals surface area contributed by atoms with E-state index in [2.05, 4.69) is 24.5 Å². The first-order valence-corrected chi connectivity index (χ1v) is 11.0. The van der Waals surface area contributed by atoms with Crippen molar-refractivity contribution in [3.05, 3.63) is 17.7 Å². The number of hydrogen-bond donors (Lipinski definition) is 2. The number of amides is 2. The maximum Gasteiger partial charge on any atom is 0.262 e. The summed E-state index contributed by atoms with van der Waals surface area (Å²) in [6, 6.07) is 2.33. The van der Waals surface area contributed by atoms with Gasteiger partial charge in [-0.15, -0.1) is 0 Å². The molecule has 0 spiro atoms. The first-order valence-electron chi connectivity index (χ1n) is 9.57. The van der Waals surface area contributed by atoms with Gasteiger partial charge in [0.2, 0.25) is 15.9 Å². The summed E-state index contributed by atoms with van der Waals surface area (Å²) in [7, 11) is -3.87. The second-order valence-electron chi connectivity index (χ2n) is 7.70. The van der Waals surface area contributed by atoms with Gasteiger partial charge in [0.25, 0.3) is 5.91 Å². The van der Waals surface area contributed by atoms with E-state index in [-0.39, 0.29) is 23.3 Å². The zero-order valence-electron chi connectivity index (χ0n) is 16.4. The molecule has 2 heterocycles. The number of rotatable bonds is 6. The minimum atomic E-state index is -3.87. The first kappa shape index (κ1) is 20.6. The highest BCUT2D eigenvalue weighted by Crippen LogP contribution is 2.35. The average Bonchev–Trinajstić information content (AvgIpc) is 3.11. The van der Waals surface area contributed by atoms with Crippen LogP contribution in [0, 0.1) is 12.8 Å². The van der Waals surface area contributed by atoms with Crippen molar-refractivity contribution in [3.8, 4) is 5.75 Å². The lowest BCUT2D eigenvalue weighted by Gasteiger charge is -2.26. The van der Waals surface area contributed by atoms with Crippen molar-refractivity contribution in [3.63, 3.8) is 0 Å². The van der Waals surface area contributed by atoms with E-state index in [1.165, 1.54) is 10.4 Å². The van der Waals surface area contributed by atoms with Crippen molar-refractivity contribution in [1.29, 1.82) is 0 Å². The Morgan fingerprint density at radius 3 is 2.86 bits per heavy atom. The lowest BCUT2D eigenvalue weighted by molar-refractivity contribution is -0.124. The van der Waals surface area contributed by atoms with Gasteiger partial charge in [0.15, 0.2) is 6.61 Å². The highest BCUT2D eigenvalue weighted by atomic mass is 32.2. The molecule has 9 heteroatoms. The fraction of sp³-hybridized carbons (Fsp3) is 0.579. The van der Waals surface area contributed by atoms with Crippen molar-refractivity contribution in [1.82, 2.24) is 9.62 Å². The van der Waals surface area contributed by atoms with Gasteiger partial charge in [0.1, 0.15) is 11.8 Å². The molecule has 1 aromatic carbocycles. The summed E-state index contributed by atoms with van der Waals surface area (Å²) in [6.45, 7) is 6.50. The van der Waals surface area contributed by atoms with Crippen LogP contribution in [-0.4, -0.2) is 50.3 Å². The van der Waals surface area contributed by atoms with Crippen LogP contribution in [-0.2, 0) is 19.6 Å². The lowest BCUT2D eigenvalue weighted by Crippen LogP contribution is -2.46. The number of carbonyl (C=O) groups excluding carboxylic acids is 2. The Kier molecular flexibility index (Phi) is 5.95. The Balaban J connectivity index is 1.83. The maximum absolute atomic E-state index is 13.3. The third kappa shape index (κ3) is 4.15. The van der Waals surface area contributed by atoms with Gasteiger partial charge in [-0.25, -0.2) is 8.42 Å². The van der Waals surface area contributed by atoms with Crippen molar-refractivity contribution >= 4 is 27.5 Å². The van der Waals surface area contributed by atoms with Gasteiger partial charge in [-0.05, 0) is 43.7 Å².